The lowest BCUT2D eigenvalue weighted by Crippen LogP contribution is -2.52. The number of amides is 2. The summed E-state index contributed by atoms with van der Waals surface area (Å²) in [5, 5.41) is 3.38. The lowest BCUT2D eigenvalue weighted by Gasteiger charge is -2.33. The molecule has 0 aliphatic rings. The van der Waals surface area contributed by atoms with Crippen molar-refractivity contribution in [2.24, 2.45) is 5.92 Å². The first-order valence-corrected chi connectivity index (χ1v) is 15.4. The first kappa shape index (κ1) is 31.2. The van der Waals surface area contributed by atoms with E-state index in [0.29, 0.717) is 29.2 Å². The molecule has 9 heteroatoms. The van der Waals surface area contributed by atoms with Gasteiger partial charge in [-0.2, -0.15) is 0 Å². The molecule has 0 aliphatic heterocycles. The first-order valence-electron chi connectivity index (χ1n) is 13.6. The molecule has 1 atom stereocenters. The number of carbonyl (C=O) groups is 2. The molecule has 0 bridgehead atoms. The van der Waals surface area contributed by atoms with Crippen LogP contribution in [-0.4, -0.2) is 44.3 Å². The number of nitrogens with zero attached hydrogens (tertiary/aromatic N) is 2. The van der Waals surface area contributed by atoms with E-state index in [2.05, 4.69) is 5.32 Å². The number of aryl methyl sites for hydroxylation is 1. The average molecular weight is 584 g/mol. The van der Waals surface area contributed by atoms with Gasteiger partial charge < -0.3 is 10.2 Å². The van der Waals surface area contributed by atoms with Gasteiger partial charge in [-0.05, 0) is 60.2 Å². The number of sulfonamides is 1. The second-order valence-electron chi connectivity index (χ2n) is 10.0. The van der Waals surface area contributed by atoms with Gasteiger partial charge in [0, 0.05) is 18.1 Å². The molecule has 1 N–H and O–H groups in total. The lowest BCUT2D eigenvalue weighted by atomic mass is 10.1. The molecule has 40 heavy (non-hydrogen) atoms. The van der Waals surface area contributed by atoms with Crippen LogP contribution < -0.4 is 9.62 Å². The molecule has 0 spiro atoms. The largest absolute Gasteiger partial charge is 0.354 e. The Bertz CT molecular complexity index is 1380. The van der Waals surface area contributed by atoms with Crippen molar-refractivity contribution in [3.63, 3.8) is 0 Å². The van der Waals surface area contributed by atoms with Crippen LogP contribution in [-0.2, 0) is 32.6 Å². The Morgan fingerprint density at radius 2 is 1.52 bits per heavy atom. The van der Waals surface area contributed by atoms with E-state index in [1.54, 1.807) is 48.5 Å². The van der Waals surface area contributed by atoms with Crippen LogP contribution in [0.2, 0.25) is 5.02 Å². The molecule has 3 aromatic carbocycles. The molecule has 0 aromatic heterocycles. The molecule has 0 saturated heterocycles. The predicted octanol–water partition coefficient (Wildman–Crippen LogP) is 5.68. The van der Waals surface area contributed by atoms with Gasteiger partial charge in [0.2, 0.25) is 11.8 Å². The highest BCUT2D eigenvalue weighted by Crippen LogP contribution is 2.26. The van der Waals surface area contributed by atoms with Crippen molar-refractivity contribution in [3.8, 4) is 0 Å². The molecule has 214 valence electrons. The highest BCUT2D eigenvalue weighted by atomic mass is 35.5. The number of hydrogen-bond acceptors (Lipinski definition) is 4. The summed E-state index contributed by atoms with van der Waals surface area (Å²) in [4.78, 5) is 28.9. The third-order valence-corrected chi connectivity index (χ3v) is 8.77. The van der Waals surface area contributed by atoms with E-state index in [0.717, 1.165) is 16.3 Å². The SMILES string of the molecule is CCc1ccc(N(CC(=O)N(Cc2ccccc2Cl)[C@@H](CC)C(=O)NCC(C)C)S(=O)(=O)c2ccccc2)cc1. The molecule has 3 aromatic rings. The quantitative estimate of drug-likeness (QED) is 0.281. The van der Waals surface area contributed by atoms with E-state index in [9.17, 15) is 18.0 Å². The summed E-state index contributed by atoms with van der Waals surface area (Å²) in [5.41, 5.74) is 2.07. The average Bonchev–Trinajstić information content (AvgIpc) is 2.96. The minimum absolute atomic E-state index is 0.0557. The van der Waals surface area contributed by atoms with Crippen molar-refractivity contribution >= 4 is 39.1 Å². The van der Waals surface area contributed by atoms with Crippen molar-refractivity contribution in [3.05, 3.63) is 95.0 Å². The summed E-state index contributed by atoms with van der Waals surface area (Å²) in [6.45, 7) is 7.85. The molecule has 0 unspecified atom stereocenters. The number of hydrogen-bond donors (Lipinski definition) is 1. The van der Waals surface area contributed by atoms with E-state index in [-0.39, 0.29) is 23.3 Å². The van der Waals surface area contributed by atoms with Gasteiger partial charge in [0.25, 0.3) is 10.0 Å². The van der Waals surface area contributed by atoms with Crippen LogP contribution in [0.25, 0.3) is 0 Å². The van der Waals surface area contributed by atoms with Crippen LogP contribution in [0.4, 0.5) is 5.69 Å². The standard InChI is InChI=1S/C31H38ClN3O4S/c1-5-24-16-18-26(19-17-24)35(40(38,39)27-13-8-7-9-14-27)22-30(36)34(21-25-12-10-11-15-28(25)32)29(6-2)31(37)33-20-23(3)4/h7-19,23,29H,5-6,20-22H2,1-4H3,(H,33,37)/t29-/m0/s1. The third kappa shape index (κ3) is 7.86. The van der Waals surface area contributed by atoms with Gasteiger partial charge in [-0.15, -0.1) is 0 Å². The number of nitrogens with one attached hydrogen (secondary N) is 1. The summed E-state index contributed by atoms with van der Waals surface area (Å²) in [6.07, 6.45) is 1.14. The molecular weight excluding hydrogens is 546 g/mol. The zero-order chi connectivity index (χ0) is 29.3. The summed E-state index contributed by atoms with van der Waals surface area (Å²) >= 11 is 6.44. The maximum atomic E-state index is 14.1. The second-order valence-corrected chi connectivity index (χ2v) is 12.3. The van der Waals surface area contributed by atoms with Gasteiger partial charge in [-0.3, -0.25) is 13.9 Å². The zero-order valence-electron chi connectivity index (χ0n) is 23.5. The fraction of sp³-hybridized carbons (Fsp3) is 0.355. The van der Waals surface area contributed by atoms with Crippen LogP contribution in [0.3, 0.4) is 0 Å². The van der Waals surface area contributed by atoms with Gasteiger partial charge >= 0.3 is 0 Å². The van der Waals surface area contributed by atoms with Crippen LogP contribution in [0.5, 0.6) is 0 Å². The van der Waals surface area contributed by atoms with E-state index < -0.39 is 28.5 Å². The molecule has 2 amide bonds. The molecule has 3 rings (SSSR count). The van der Waals surface area contributed by atoms with Crippen LogP contribution in [0.15, 0.2) is 83.8 Å². The van der Waals surface area contributed by atoms with Gasteiger partial charge in [-0.25, -0.2) is 8.42 Å². The maximum absolute atomic E-state index is 14.1. The van der Waals surface area contributed by atoms with Crippen molar-refractivity contribution in [1.82, 2.24) is 10.2 Å². The summed E-state index contributed by atoms with van der Waals surface area (Å²) in [6, 6.07) is 21.4. The lowest BCUT2D eigenvalue weighted by molar-refractivity contribution is -0.140. The summed E-state index contributed by atoms with van der Waals surface area (Å²) in [7, 11) is -4.10. The van der Waals surface area contributed by atoms with Crippen molar-refractivity contribution in [2.75, 3.05) is 17.4 Å². The Labute approximate surface area is 243 Å². The Kier molecular flexibility index (Phi) is 11.2. The van der Waals surface area contributed by atoms with Crippen molar-refractivity contribution < 1.29 is 18.0 Å². The second kappa shape index (κ2) is 14.3. The Hall–Kier alpha value is -3.36. The number of rotatable bonds is 13. The smallest absolute Gasteiger partial charge is 0.264 e. The van der Waals surface area contributed by atoms with E-state index in [1.807, 2.05) is 45.9 Å². The normalized spacial score (nSPS) is 12.2. The zero-order valence-corrected chi connectivity index (χ0v) is 25.1. The molecule has 7 nitrogen and oxygen atoms in total. The fourth-order valence-corrected chi connectivity index (χ4v) is 5.93. The van der Waals surface area contributed by atoms with Gasteiger partial charge in [-0.1, -0.05) is 87.8 Å². The van der Waals surface area contributed by atoms with Gasteiger partial charge in [0.05, 0.1) is 10.6 Å². The van der Waals surface area contributed by atoms with Crippen LogP contribution in [0, 0.1) is 5.92 Å². The fourth-order valence-electron chi connectivity index (χ4n) is 4.30. The van der Waals surface area contributed by atoms with Crippen LogP contribution in [0.1, 0.15) is 45.2 Å². The third-order valence-electron chi connectivity index (χ3n) is 6.61. The summed E-state index contributed by atoms with van der Waals surface area (Å²) < 4.78 is 28.8. The first-order chi connectivity index (χ1) is 19.1. The highest BCUT2D eigenvalue weighted by Gasteiger charge is 2.33. The molecule has 0 heterocycles. The number of carbonyl (C=O) groups excluding carboxylic acids is 2. The van der Waals surface area contributed by atoms with Gasteiger partial charge in [0.15, 0.2) is 0 Å². The predicted molar refractivity (Wildman–Crippen MR) is 161 cm³/mol. The molecule has 0 aliphatic carbocycles. The molecule has 0 radical (unpaired) electrons. The number of halogens is 1. The molecular formula is C31H38ClN3O4S. The minimum Gasteiger partial charge on any atom is -0.354 e. The van der Waals surface area contributed by atoms with Gasteiger partial charge in [0.1, 0.15) is 12.6 Å². The Morgan fingerprint density at radius 3 is 2.10 bits per heavy atom. The Morgan fingerprint density at radius 1 is 0.900 bits per heavy atom. The van der Waals surface area contributed by atoms with Crippen LogP contribution >= 0.6 is 11.6 Å². The molecule has 0 fully saturated rings. The van der Waals surface area contributed by atoms with E-state index in [1.165, 1.54) is 17.0 Å². The van der Waals surface area contributed by atoms with Crippen molar-refractivity contribution in [2.45, 2.75) is 58.0 Å². The van der Waals surface area contributed by atoms with E-state index >= 15 is 0 Å². The monoisotopic (exact) mass is 583 g/mol. The molecule has 0 saturated carbocycles. The van der Waals surface area contributed by atoms with Crippen molar-refractivity contribution in [1.29, 1.82) is 0 Å². The topological polar surface area (TPSA) is 86.8 Å². The Balaban J connectivity index is 2.05. The number of anilines is 1. The summed E-state index contributed by atoms with van der Waals surface area (Å²) in [5.74, 6) is -0.571. The maximum Gasteiger partial charge on any atom is 0.264 e. The highest BCUT2D eigenvalue weighted by molar-refractivity contribution is 7.92. The minimum atomic E-state index is -4.10. The number of benzene rings is 3. The van der Waals surface area contributed by atoms with E-state index in [4.69, 9.17) is 11.6 Å².